The van der Waals surface area contributed by atoms with Gasteiger partial charge in [-0.1, -0.05) is 6.07 Å². The normalized spacial score (nSPS) is 16.4. The second-order valence-electron chi connectivity index (χ2n) is 7.03. The van der Waals surface area contributed by atoms with Crippen LogP contribution in [-0.4, -0.2) is 55.9 Å². The highest BCUT2D eigenvalue weighted by Crippen LogP contribution is 2.30. The van der Waals surface area contributed by atoms with Crippen LogP contribution in [0.2, 0.25) is 0 Å². The molecule has 0 atom stereocenters. The Morgan fingerprint density at radius 2 is 1.70 bits per heavy atom. The molecule has 0 radical (unpaired) electrons. The van der Waals surface area contributed by atoms with Gasteiger partial charge in [0.05, 0.1) is 12.8 Å². The molecule has 1 saturated heterocycles. The van der Waals surface area contributed by atoms with Crippen LogP contribution in [0.25, 0.3) is 0 Å². The fraction of sp³-hybridized carbons (Fsp3) is 0.450. The van der Waals surface area contributed by atoms with Crippen molar-refractivity contribution in [1.29, 1.82) is 0 Å². The average molecular weight is 390 g/mol. The maximum atomic E-state index is 13.2. The van der Waals surface area contributed by atoms with Crippen molar-refractivity contribution in [2.75, 3.05) is 33.3 Å². The van der Waals surface area contributed by atoms with Crippen LogP contribution in [0.3, 0.4) is 0 Å². The molecule has 0 saturated carbocycles. The van der Waals surface area contributed by atoms with E-state index in [1.165, 1.54) is 7.11 Å². The number of ether oxygens (including phenoxy) is 1. The highest BCUT2D eigenvalue weighted by molar-refractivity contribution is 7.89. The van der Waals surface area contributed by atoms with E-state index in [1.54, 1.807) is 22.6 Å². The lowest BCUT2D eigenvalue weighted by atomic mass is 10.1. The number of sulfonamides is 1. The van der Waals surface area contributed by atoms with Gasteiger partial charge >= 0.3 is 0 Å². The molecular weight excluding hydrogens is 362 g/mol. The minimum atomic E-state index is -3.58. The van der Waals surface area contributed by atoms with E-state index in [1.807, 2.05) is 19.9 Å². The predicted molar refractivity (Wildman–Crippen MR) is 105 cm³/mol. The summed E-state index contributed by atoms with van der Waals surface area (Å²) in [5, 5.41) is 0. The molecule has 1 aliphatic rings. The van der Waals surface area contributed by atoms with Crippen molar-refractivity contribution >= 4 is 10.0 Å². The number of piperazine rings is 1. The Balaban J connectivity index is 1.74. The van der Waals surface area contributed by atoms with Gasteiger partial charge < -0.3 is 4.74 Å². The van der Waals surface area contributed by atoms with Crippen LogP contribution in [0.15, 0.2) is 35.4 Å². The van der Waals surface area contributed by atoms with Gasteiger partial charge in [-0.3, -0.25) is 9.88 Å². The van der Waals surface area contributed by atoms with E-state index in [9.17, 15) is 8.42 Å². The molecule has 0 N–H and O–H groups in total. The number of nitrogens with zero attached hydrogens (tertiary/aromatic N) is 3. The van der Waals surface area contributed by atoms with Gasteiger partial charge in [-0.2, -0.15) is 4.31 Å². The summed E-state index contributed by atoms with van der Waals surface area (Å²) in [6.07, 6.45) is 1.80. The smallest absolute Gasteiger partial charge is 0.246 e. The molecule has 0 amide bonds. The Kier molecular flexibility index (Phi) is 5.83. The van der Waals surface area contributed by atoms with Gasteiger partial charge in [0.15, 0.2) is 0 Å². The van der Waals surface area contributed by atoms with Crippen LogP contribution in [0.5, 0.6) is 5.75 Å². The zero-order valence-corrected chi connectivity index (χ0v) is 17.2. The van der Waals surface area contributed by atoms with Crippen molar-refractivity contribution in [3.8, 4) is 5.75 Å². The topological polar surface area (TPSA) is 62.7 Å². The van der Waals surface area contributed by atoms with Gasteiger partial charge in [0.25, 0.3) is 0 Å². The zero-order valence-electron chi connectivity index (χ0n) is 16.4. The van der Waals surface area contributed by atoms with E-state index in [0.717, 1.165) is 28.9 Å². The molecule has 1 aromatic heterocycles. The maximum absolute atomic E-state index is 13.2. The SMILES string of the molecule is COc1cc(C)c(C)cc1S(=O)(=O)N1CCN(Cc2ncccc2C)CC1. The molecule has 6 nitrogen and oxygen atoms in total. The summed E-state index contributed by atoms with van der Waals surface area (Å²) in [5.41, 5.74) is 4.16. The van der Waals surface area contributed by atoms with Gasteiger partial charge in [-0.05, 0) is 55.7 Å². The third-order valence-corrected chi connectivity index (χ3v) is 7.14. The molecule has 0 aliphatic carbocycles. The van der Waals surface area contributed by atoms with E-state index >= 15 is 0 Å². The molecule has 2 heterocycles. The van der Waals surface area contributed by atoms with Crippen LogP contribution in [0, 0.1) is 20.8 Å². The van der Waals surface area contributed by atoms with E-state index < -0.39 is 10.0 Å². The minimum absolute atomic E-state index is 0.252. The van der Waals surface area contributed by atoms with E-state index in [2.05, 4.69) is 22.9 Å². The maximum Gasteiger partial charge on any atom is 0.246 e. The summed E-state index contributed by atoms with van der Waals surface area (Å²) in [5.74, 6) is 0.407. The van der Waals surface area contributed by atoms with Gasteiger partial charge in [0, 0.05) is 38.9 Å². The first-order valence-corrected chi connectivity index (χ1v) is 10.5. The highest BCUT2D eigenvalue weighted by atomic mass is 32.2. The molecule has 27 heavy (non-hydrogen) atoms. The van der Waals surface area contributed by atoms with Crippen LogP contribution in [-0.2, 0) is 16.6 Å². The number of hydrogen-bond acceptors (Lipinski definition) is 5. The lowest BCUT2D eigenvalue weighted by Crippen LogP contribution is -2.48. The summed E-state index contributed by atoms with van der Waals surface area (Å²) < 4.78 is 33.2. The Morgan fingerprint density at radius 1 is 1.04 bits per heavy atom. The molecule has 3 rings (SSSR count). The number of aryl methyl sites for hydroxylation is 3. The van der Waals surface area contributed by atoms with Crippen molar-refractivity contribution in [1.82, 2.24) is 14.2 Å². The first-order chi connectivity index (χ1) is 12.8. The molecule has 1 fully saturated rings. The molecule has 146 valence electrons. The third kappa shape index (κ3) is 4.15. The number of rotatable bonds is 5. The number of benzene rings is 1. The second-order valence-corrected chi connectivity index (χ2v) is 8.94. The van der Waals surface area contributed by atoms with Crippen molar-refractivity contribution in [2.45, 2.75) is 32.2 Å². The molecular formula is C20H27N3O3S. The zero-order chi connectivity index (χ0) is 19.6. The summed E-state index contributed by atoms with van der Waals surface area (Å²) in [6.45, 7) is 8.95. The van der Waals surface area contributed by atoms with Gasteiger partial charge in [0.1, 0.15) is 10.6 Å². The van der Waals surface area contributed by atoms with Crippen molar-refractivity contribution in [2.24, 2.45) is 0 Å². The molecule has 1 aromatic carbocycles. The van der Waals surface area contributed by atoms with Crippen LogP contribution >= 0.6 is 0 Å². The summed E-state index contributed by atoms with van der Waals surface area (Å²) in [7, 11) is -2.07. The summed E-state index contributed by atoms with van der Waals surface area (Å²) in [6, 6.07) is 7.49. The second kappa shape index (κ2) is 7.96. The predicted octanol–water partition coefficient (Wildman–Crippen LogP) is 2.52. The lowest BCUT2D eigenvalue weighted by Gasteiger charge is -2.34. The van der Waals surface area contributed by atoms with E-state index in [4.69, 9.17) is 4.74 Å². The third-order valence-electron chi connectivity index (χ3n) is 5.22. The van der Waals surface area contributed by atoms with Crippen molar-refractivity contribution < 1.29 is 13.2 Å². The standard InChI is InChI=1S/C20H27N3O3S/c1-15-6-5-7-21-18(15)14-22-8-10-23(11-9-22)27(24,25)20-13-17(3)16(2)12-19(20)26-4/h5-7,12-13H,8-11,14H2,1-4H3. The van der Waals surface area contributed by atoms with Gasteiger partial charge in [-0.25, -0.2) is 8.42 Å². The minimum Gasteiger partial charge on any atom is -0.495 e. The number of methoxy groups -OCH3 is 1. The van der Waals surface area contributed by atoms with Crippen molar-refractivity contribution in [3.05, 3.63) is 52.8 Å². The lowest BCUT2D eigenvalue weighted by molar-refractivity contribution is 0.179. The quantitative estimate of drug-likeness (QED) is 0.786. The molecule has 0 bridgehead atoms. The Morgan fingerprint density at radius 3 is 2.33 bits per heavy atom. The molecule has 0 unspecified atom stereocenters. The summed E-state index contributed by atoms with van der Waals surface area (Å²) in [4.78, 5) is 6.94. The monoisotopic (exact) mass is 389 g/mol. The first kappa shape index (κ1) is 19.8. The molecule has 7 heteroatoms. The van der Waals surface area contributed by atoms with E-state index in [-0.39, 0.29) is 4.90 Å². The summed E-state index contributed by atoms with van der Waals surface area (Å²) >= 11 is 0. The van der Waals surface area contributed by atoms with Gasteiger partial charge in [-0.15, -0.1) is 0 Å². The Bertz CT molecular complexity index is 920. The van der Waals surface area contributed by atoms with Crippen LogP contribution < -0.4 is 4.74 Å². The number of hydrogen-bond donors (Lipinski definition) is 0. The number of aromatic nitrogens is 1. The van der Waals surface area contributed by atoms with Crippen LogP contribution in [0.4, 0.5) is 0 Å². The molecule has 0 spiro atoms. The Labute approximate surface area is 161 Å². The fourth-order valence-electron chi connectivity index (χ4n) is 3.29. The Hall–Kier alpha value is -1.96. The van der Waals surface area contributed by atoms with Crippen molar-refractivity contribution in [3.63, 3.8) is 0 Å². The van der Waals surface area contributed by atoms with Crippen LogP contribution in [0.1, 0.15) is 22.4 Å². The molecule has 1 aliphatic heterocycles. The number of pyridine rings is 1. The first-order valence-electron chi connectivity index (χ1n) is 9.11. The fourth-order valence-corrected chi connectivity index (χ4v) is 4.93. The average Bonchev–Trinajstić information content (AvgIpc) is 2.66. The van der Waals surface area contributed by atoms with Gasteiger partial charge in [0.2, 0.25) is 10.0 Å². The largest absolute Gasteiger partial charge is 0.495 e. The molecule has 2 aromatic rings. The highest BCUT2D eigenvalue weighted by Gasteiger charge is 2.31. The van der Waals surface area contributed by atoms with E-state index in [0.29, 0.717) is 31.9 Å².